The Morgan fingerprint density at radius 3 is 2.65 bits per heavy atom. The number of fused-ring (bicyclic) bond motifs is 1. The Hall–Kier alpha value is -3.61. The summed E-state index contributed by atoms with van der Waals surface area (Å²) in [7, 11) is 1.57. The number of amides is 1. The molecular weight excluding hydrogens is 334 g/mol. The van der Waals surface area contributed by atoms with E-state index in [2.05, 4.69) is 15.5 Å². The van der Waals surface area contributed by atoms with Gasteiger partial charge in [-0.15, -0.1) is 0 Å². The van der Waals surface area contributed by atoms with Crippen molar-refractivity contribution >= 4 is 23.0 Å². The summed E-state index contributed by atoms with van der Waals surface area (Å²) in [6, 6.07) is 16.0. The monoisotopic (exact) mass is 351 g/mol. The quantitative estimate of drug-likeness (QED) is 0.525. The van der Waals surface area contributed by atoms with Gasteiger partial charge in [0.25, 0.3) is 11.5 Å². The number of aromatic nitrogens is 1. The number of nitrogens with one attached hydrogen (secondary N) is 2. The number of carbonyl (C=O) groups excluding carboxylic acids is 1. The molecule has 0 radical (unpaired) electrons. The number of H-pyrrole nitrogens is 1. The Kier molecular flexibility index (Phi) is 5.28. The Balaban J connectivity index is 1.56. The molecule has 0 aliphatic carbocycles. The molecule has 0 unspecified atom stereocenters. The predicted octanol–water partition coefficient (Wildman–Crippen LogP) is 2.07. The zero-order chi connectivity index (χ0) is 18.4. The molecule has 1 aromatic heterocycles. The van der Waals surface area contributed by atoms with Crippen LogP contribution in [0.2, 0.25) is 0 Å². The lowest BCUT2D eigenvalue weighted by molar-refractivity contribution is -0.123. The topological polar surface area (TPSA) is 92.8 Å². The van der Waals surface area contributed by atoms with Crippen LogP contribution in [-0.2, 0) is 4.79 Å². The van der Waals surface area contributed by atoms with E-state index in [0.29, 0.717) is 17.1 Å². The molecule has 26 heavy (non-hydrogen) atoms. The number of hydrazone groups is 1. The number of aromatic amines is 1. The van der Waals surface area contributed by atoms with Crippen molar-refractivity contribution < 1.29 is 14.3 Å². The van der Waals surface area contributed by atoms with Gasteiger partial charge in [-0.3, -0.25) is 9.59 Å². The third-order valence-corrected chi connectivity index (χ3v) is 3.60. The molecule has 3 rings (SSSR count). The molecule has 0 atom stereocenters. The maximum Gasteiger partial charge on any atom is 0.277 e. The molecule has 0 saturated carbocycles. The Bertz CT molecular complexity index is 994. The van der Waals surface area contributed by atoms with Gasteiger partial charge in [0.15, 0.2) is 6.61 Å². The summed E-state index contributed by atoms with van der Waals surface area (Å²) < 4.78 is 10.4. The molecule has 2 aromatic carbocycles. The molecule has 0 saturated heterocycles. The second-order valence-corrected chi connectivity index (χ2v) is 5.40. The van der Waals surface area contributed by atoms with Gasteiger partial charge in [-0.25, -0.2) is 5.43 Å². The van der Waals surface area contributed by atoms with E-state index in [1.165, 1.54) is 6.21 Å². The Morgan fingerprint density at radius 1 is 1.15 bits per heavy atom. The first-order valence-corrected chi connectivity index (χ1v) is 7.86. The number of hydrogen-bond donors (Lipinski definition) is 2. The van der Waals surface area contributed by atoms with Gasteiger partial charge in [0.2, 0.25) is 0 Å². The first kappa shape index (κ1) is 17.2. The number of para-hydroxylation sites is 1. The molecule has 3 aromatic rings. The zero-order valence-electron chi connectivity index (χ0n) is 14.1. The molecule has 0 fully saturated rings. The highest BCUT2D eigenvalue weighted by Gasteiger charge is 2.03. The van der Waals surface area contributed by atoms with Crippen LogP contribution in [-0.4, -0.2) is 30.8 Å². The molecule has 0 aliphatic heterocycles. The van der Waals surface area contributed by atoms with Crippen LogP contribution in [0.25, 0.3) is 10.9 Å². The van der Waals surface area contributed by atoms with Crippen LogP contribution in [0, 0.1) is 0 Å². The highest BCUT2D eigenvalue weighted by molar-refractivity contribution is 5.88. The first-order chi connectivity index (χ1) is 12.7. The lowest BCUT2D eigenvalue weighted by atomic mass is 10.2. The van der Waals surface area contributed by atoms with Crippen LogP contribution in [0.5, 0.6) is 11.5 Å². The number of ether oxygens (including phenoxy) is 2. The normalized spacial score (nSPS) is 10.8. The van der Waals surface area contributed by atoms with Crippen molar-refractivity contribution in [2.24, 2.45) is 5.10 Å². The number of hydrogen-bond acceptors (Lipinski definition) is 5. The largest absolute Gasteiger partial charge is 0.497 e. The average Bonchev–Trinajstić information content (AvgIpc) is 2.67. The second kappa shape index (κ2) is 7.98. The number of methoxy groups -OCH3 is 1. The number of pyridine rings is 1. The third-order valence-electron chi connectivity index (χ3n) is 3.60. The summed E-state index contributed by atoms with van der Waals surface area (Å²) in [6.07, 6.45) is 1.30. The van der Waals surface area contributed by atoms with Crippen LogP contribution in [0.4, 0.5) is 0 Å². The summed E-state index contributed by atoms with van der Waals surface area (Å²) in [5.41, 5.74) is 3.14. The Morgan fingerprint density at radius 2 is 1.88 bits per heavy atom. The molecule has 132 valence electrons. The summed E-state index contributed by atoms with van der Waals surface area (Å²) in [5, 5.41) is 4.68. The number of rotatable bonds is 6. The summed E-state index contributed by atoms with van der Waals surface area (Å²) in [5.74, 6) is 0.803. The highest BCUT2D eigenvalue weighted by atomic mass is 16.5. The molecule has 7 nitrogen and oxygen atoms in total. The molecule has 0 aliphatic rings. The Labute approximate surface area is 149 Å². The minimum absolute atomic E-state index is 0.197. The molecule has 2 N–H and O–H groups in total. The molecule has 1 heterocycles. The fraction of sp³-hybridized carbons (Fsp3) is 0.105. The maximum atomic E-state index is 12.0. The van der Waals surface area contributed by atoms with Crippen molar-refractivity contribution in [1.82, 2.24) is 10.4 Å². The van der Waals surface area contributed by atoms with Gasteiger partial charge in [0, 0.05) is 5.52 Å². The van der Waals surface area contributed by atoms with E-state index in [1.807, 2.05) is 24.3 Å². The van der Waals surface area contributed by atoms with Gasteiger partial charge in [0.05, 0.1) is 18.9 Å². The van der Waals surface area contributed by atoms with Crippen LogP contribution < -0.4 is 20.5 Å². The van der Waals surface area contributed by atoms with Crippen LogP contribution in [0.1, 0.15) is 5.56 Å². The second-order valence-electron chi connectivity index (χ2n) is 5.40. The van der Waals surface area contributed by atoms with Crippen LogP contribution >= 0.6 is 0 Å². The van der Waals surface area contributed by atoms with Crippen LogP contribution in [0.3, 0.4) is 0 Å². The van der Waals surface area contributed by atoms with E-state index < -0.39 is 5.91 Å². The van der Waals surface area contributed by atoms with Gasteiger partial charge in [-0.05, 0) is 41.8 Å². The molecule has 7 heteroatoms. The van der Waals surface area contributed by atoms with Gasteiger partial charge >= 0.3 is 0 Å². The fourth-order valence-corrected chi connectivity index (χ4v) is 2.29. The highest BCUT2D eigenvalue weighted by Crippen LogP contribution is 2.16. The van der Waals surface area contributed by atoms with E-state index in [1.54, 1.807) is 37.4 Å². The lowest BCUT2D eigenvalue weighted by Gasteiger charge is -2.05. The van der Waals surface area contributed by atoms with Gasteiger partial charge in [-0.1, -0.05) is 18.2 Å². The molecular formula is C19H17N3O4. The molecule has 1 amide bonds. The van der Waals surface area contributed by atoms with Gasteiger partial charge in [0.1, 0.15) is 11.5 Å². The van der Waals surface area contributed by atoms with E-state index in [0.717, 1.165) is 10.9 Å². The smallest absolute Gasteiger partial charge is 0.277 e. The summed E-state index contributed by atoms with van der Waals surface area (Å²) >= 11 is 0. The predicted molar refractivity (Wildman–Crippen MR) is 98.8 cm³/mol. The number of carbonyl (C=O) groups is 1. The number of nitrogens with zero attached hydrogens (tertiary/aromatic N) is 1. The SMILES string of the molecule is COc1ccc(OCC(=O)N/N=C\c2cc3ccccc3[nH]c2=O)cc1. The minimum atomic E-state index is -0.436. The summed E-state index contributed by atoms with van der Waals surface area (Å²) in [4.78, 5) is 26.5. The minimum Gasteiger partial charge on any atom is -0.497 e. The first-order valence-electron chi connectivity index (χ1n) is 7.86. The average molecular weight is 351 g/mol. The fourth-order valence-electron chi connectivity index (χ4n) is 2.29. The van der Waals surface area contributed by atoms with Crippen LogP contribution in [0.15, 0.2) is 64.5 Å². The van der Waals surface area contributed by atoms with Crippen molar-refractivity contribution in [1.29, 1.82) is 0 Å². The molecule has 0 spiro atoms. The third kappa shape index (κ3) is 4.27. The van der Waals surface area contributed by atoms with Crippen molar-refractivity contribution in [3.63, 3.8) is 0 Å². The van der Waals surface area contributed by atoms with Crippen molar-refractivity contribution in [3.8, 4) is 11.5 Å². The van der Waals surface area contributed by atoms with Crippen molar-refractivity contribution in [2.45, 2.75) is 0 Å². The summed E-state index contributed by atoms with van der Waals surface area (Å²) in [6.45, 7) is -0.197. The zero-order valence-corrected chi connectivity index (χ0v) is 14.1. The van der Waals surface area contributed by atoms with Crippen molar-refractivity contribution in [2.75, 3.05) is 13.7 Å². The van der Waals surface area contributed by atoms with Gasteiger partial charge in [-0.2, -0.15) is 5.10 Å². The van der Waals surface area contributed by atoms with Crippen molar-refractivity contribution in [3.05, 3.63) is 70.5 Å². The van der Waals surface area contributed by atoms with Gasteiger partial charge < -0.3 is 14.5 Å². The lowest BCUT2D eigenvalue weighted by Crippen LogP contribution is -2.25. The maximum absolute atomic E-state index is 12.0. The van der Waals surface area contributed by atoms with E-state index in [4.69, 9.17) is 9.47 Å². The van der Waals surface area contributed by atoms with E-state index in [-0.39, 0.29) is 12.2 Å². The number of benzene rings is 2. The van der Waals surface area contributed by atoms with E-state index in [9.17, 15) is 9.59 Å². The standard InChI is InChI=1S/C19H17N3O4/c1-25-15-6-8-16(9-7-15)26-12-18(23)22-20-11-14-10-13-4-2-3-5-17(13)21-19(14)24/h2-11H,12H2,1H3,(H,21,24)(H,22,23)/b20-11-. The molecule has 0 bridgehead atoms. The van der Waals surface area contributed by atoms with E-state index >= 15 is 0 Å².